The van der Waals surface area contributed by atoms with Gasteiger partial charge >= 0.3 is 11.9 Å². The van der Waals surface area contributed by atoms with E-state index in [0.717, 1.165) is 12.8 Å². The summed E-state index contributed by atoms with van der Waals surface area (Å²) < 4.78 is 10.1. The standard InChI is InChI=1S/C14H22N2O4S/c1-4-7-8-11(14(18)20-6-3)21-12-10(9-15-16-12)13(17)19-5-2/h9,11H,4-8H2,1-3H3,(H,15,16). The summed E-state index contributed by atoms with van der Waals surface area (Å²) in [5.74, 6) is -0.702. The largest absolute Gasteiger partial charge is 0.465 e. The van der Waals surface area contributed by atoms with Crippen LogP contribution in [-0.2, 0) is 14.3 Å². The van der Waals surface area contributed by atoms with E-state index in [1.54, 1.807) is 13.8 Å². The smallest absolute Gasteiger partial charge is 0.342 e. The summed E-state index contributed by atoms with van der Waals surface area (Å²) in [6, 6.07) is 0. The van der Waals surface area contributed by atoms with E-state index < -0.39 is 5.97 Å². The van der Waals surface area contributed by atoms with Gasteiger partial charge in [0.2, 0.25) is 0 Å². The summed E-state index contributed by atoms with van der Waals surface area (Å²) in [6.07, 6.45) is 4.02. The molecule has 0 spiro atoms. The zero-order valence-electron chi connectivity index (χ0n) is 12.7. The molecule has 0 aliphatic heterocycles. The number of thioether (sulfide) groups is 1. The number of esters is 2. The Labute approximate surface area is 129 Å². The van der Waals surface area contributed by atoms with E-state index >= 15 is 0 Å². The number of nitrogens with zero attached hydrogens (tertiary/aromatic N) is 1. The molecule has 0 bridgehead atoms. The molecule has 0 saturated carbocycles. The lowest BCUT2D eigenvalue weighted by Gasteiger charge is -2.14. The topological polar surface area (TPSA) is 81.3 Å². The summed E-state index contributed by atoms with van der Waals surface area (Å²) in [6.45, 7) is 6.22. The van der Waals surface area contributed by atoms with Gasteiger partial charge in [-0.15, -0.1) is 0 Å². The fourth-order valence-corrected chi connectivity index (χ4v) is 2.81. The quantitative estimate of drug-likeness (QED) is 0.557. The molecule has 6 nitrogen and oxygen atoms in total. The number of rotatable bonds is 9. The Morgan fingerprint density at radius 2 is 2.00 bits per heavy atom. The molecule has 0 amide bonds. The Hall–Kier alpha value is -1.50. The first-order chi connectivity index (χ1) is 10.1. The summed E-state index contributed by atoms with van der Waals surface area (Å²) in [5, 5.41) is 6.81. The van der Waals surface area contributed by atoms with E-state index in [-0.39, 0.29) is 11.2 Å². The Balaban J connectivity index is 2.80. The van der Waals surface area contributed by atoms with Crippen LogP contribution in [0.4, 0.5) is 0 Å². The van der Waals surface area contributed by atoms with Crippen molar-refractivity contribution in [3.63, 3.8) is 0 Å². The number of hydrogen-bond acceptors (Lipinski definition) is 6. The predicted octanol–water partition coefficient (Wildman–Crippen LogP) is 2.80. The van der Waals surface area contributed by atoms with Crippen molar-refractivity contribution in [3.05, 3.63) is 11.8 Å². The first-order valence-corrected chi connectivity index (χ1v) is 8.05. The number of ether oxygens (including phenoxy) is 2. The van der Waals surface area contributed by atoms with E-state index in [1.165, 1.54) is 18.0 Å². The van der Waals surface area contributed by atoms with Crippen LogP contribution in [0.2, 0.25) is 0 Å². The zero-order valence-corrected chi connectivity index (χ0v) is 13.5. The van der Waals surface area contributed by atoms with Gasteiger partial charge in [0.05, 0.1) is 19.4 Å². The molecule has 1 rings (SSSR count). The van der Waals surface area contributed by atoms with Gasteiger partial charge in [-0.1, -0.05) is 31.5 Å². The average Bonchev–Trinajstić information content (AvgIpc) is 2.92. The maximum atomic E-state index is 12.0. The third-order valence-corrected chi connectivity index (χ3v) is 3.99. The van der Waals surface area contributed by atoms with Crippen LogP contribution in [0.25, 0.3) is 0 Å². The highest BCUT2D eigenvalue weighted by Gasteiger charge is 2.25. The van der Waals surface area contributed by atoms with Crippen molar-refractivity contribution in [2.75, 3.05) is 13.2 Å². The predicted molar refractivity (Wildman–Crippen MR) is 80.3 cm³/mol. The van der Waals surface area contributed by atoms with Gasteiger partial charge in [-0.25, -0.2) is 4.79 Å². The van der Waals surface area contributed by atoms with Crippen LogP contribution in [0.3, 0.4) is 0 Å². The molecule has 0 fully saturated rings. The lowest BCUT2D eigenvalue weighted by molar-refractivity contribution is -0.142. The van der Waals surface area contributed by atoms with Crippen molar-refractivity contribution < 1.29 is 19.1 Å². The SMILES string of the molecule is CCCCC(Sc1[nH]ncc1C(=O)OCC)C(=O)OCC. The lowest BCUT2D eigenvalue weighted by atomic mass is 10.2. The van der Waals surface area contributed by atoms with Crippen LogP contribution in [0.15, 0.2) is 11.2 Å². The van der Waals surface area contributed by atoms with E-state index in [1.807, 2.05) is 0 Å². The number of carbonyl (C=O) groups is 2. The minimum atomic E-state index is -0.438. The van der Waals surface area contributed by atoms with Crippen LogP contribution in [0.1, 0.15) is 50.4 Å². The Morgan fingerprint density at radius 1 is 1.29 bits per heavy atom. The second kappa shape index (κ2) is 9.44. The molecule has 0 aromatic carbocycles. The monoisotopic (exact) mass is 314 g/mol. The van der Waals surface area contributed by atoms with Gasteiger partial charge in [0.15, 0.2) is 0 Å². The average molecular weight is 314 g/mol. The number of carbonyl (C=O) groups excluding carboxylic acids is 2. The number of aromatic amines is 1. The van der Waals surface area contributed by atoms with Crippen molar-refractivity contribution in [1.29, 1.82) is 0 Å². The number of unbranched alkanes of at least 4 members (excludes halogenated alkanes) is 1. The van der Waals surface area contributed by atoms with Gasteiger partial charge in [0, 0.05) is 0 Å². The molecule has 1 unspecified atom stereocenters. The number of aromatic nitrogens is 2. The third-order valence-electron chi connectivity index (χ3n) is 2.73. The Morgan fingerprint density at radius 3 is 2.62 bits per heavy atom. The summed E-state index contributed by atoms with van der Waals surface area (Å²) in [5.41, 5.74) is 0.354. The molecule has 0 saturated heterocycles. The molecule has 0 aliphatic rings. The van der Waals surface area contributed by atoms with Crippen molar-refractivity contribution in [1.82, 2.24) is 10.2 Å². The number of hydrogen-bond donors (Lipinski definition) is 1. The van der Waals surface area contributed by atoms with Crippen LogP contribution >= 0.6 is 11.8 Å². The van der Waals surface area contributed by atoms with Crippen LogP contribution in [-0.4, -0.2) is 40.6 Å². The summed E-state index contributed by atoms with van der Waals surface area (Å²) >= 11 is 1.27. The first kappa shape index (κ1) is 17.6. The van der Waals surface area contributed by atoms with Crippen LogP contribution in [0, 0.1) is 0 Å². The highest BCUT2D eigenvalue weighted by Crippen LogP contribution is 2.29. The van der Waals surface area contributed by atoms with Gasteiger partial charge in [0.1, 0.15) is 15.8 Å². The van der Waals surface area contributed by atoms with Crippen LogP contribution in [0.5, 0.6) is 0 Å². The fraction of sp³-hybridized carbons (Fsp3) is 0.643. The van der Waals surface area contributed by atoms with E-state index in [9.17, 15) is 9.59 Å². The molecule has 7 heteroatoms. The molecular formula is C14H22N2O4S. The molecular weight excluding hydrogens is 292 g/mol. The van der Waals surface area contributed by atoms with Gasteiger partial charge in [-0.3, -0.25) is 9.89 Å². The molecule has 0 aliphatic carbocycles. The molecule has 1 atom stereocenters. The van der Waals surface area contributed by atoms with Gasteiger partial charge in [0.25, 0.3) is 0 Å². The van der Waals surface area contributed by atoms with E-state index in [4.69, 9.17) is 9.47 Å². The Bertz CT molecular complexity index is 462. The number of H-pyrrole nitrogens is 1. The van der Waals surface area contributed by atoms with Crippen molar-refractivity contribution in [2.45, 2.75) is 50.3 Å². The van der Waals surface area contributed by atoms with Crippen LogP contribution < -0.4 is 0 Å². The summed E-state index contributed by atoms with van der Waals surface area (Å²) in [7, 11) is 0. The normalized spacial score (nSPS) is 12.0. The fourth-order valence-electron chi connectivity index (χ4n) is 1.71. The van der Waals surface area contributed by atoms with E-state index in [0.29, 0.717) is 30.2 Å². The minimum Gasteiger partial charge on any atom is -0.465 e. The highest BCUT2D eigenvalue weighted by molar-refractivity contribution is 8.00. The van der Waals surface area contributed by atoms with Crippen molar-refractivity contribution in [2.24, 2.45) is 0 Å². The molecule has 1 aromatic heterocycles. The molecule has 1 heterocycles. The van der Waals surface area contributed by atoms with E-state index in [2.05, 4.69) is 17.1 Å². The van der Waals surface area contributed by atoms with Gasteiger partial charge in [-0.2, -0.15) is 5.10 Å². The van der Waals surface area contributed by atoms with Gasteiger partial charge < -0.3 is 9.47 Å². The Kier molecular flexibility index (Phi) is 7.89. The molecule has 21 heavy (non-hydrogen) atoms. The second-order valence-electron chi connectivity index (χ2n) is 4.33. The number of nitrogens with one attached hydrogen (secondary N) is 1. The van der Waals surface area contributed by atoms with Crippen molar-refractivity contribution in [3.8, 4) is 0 Å². The lowest BCUT2D eigenvalue weighted by Crippen LogP contribution is -2.20. The molecule has 118 valence electrons. The van der Waals surface area contributed by atoms with Crippen molar-refractivity contribution >= 4 is 23.7 Å². The maximum Gasteiger partial charge on any atom is 0.342 e. The molecule has 1 N–H and O–H groups in total. The first-order valence-electron chi connectivity index (χ1n) is 7.17. The second-order valence-corrected chi connectivity index (χ2v) is 5.55. The highest BCUT2D eigenvalue weighted by atomic mass is 32.2. The third kappa shape index (κ3) is 5.41. The molecule has 1 aromatic rings. The zero-order chi connectivity index (χ0) is 15.7. The molecule has 0 radical (unpaired) electrons. The minimum absolute atomic E-state index is 0.264. The summed E-state index contributed by atoms with van der Waals surface area (Å²) in [4.78, 5) is 23.8. The van der Waals surface area contributed by atoms with Gasteiger partial charge in [-0.05, 0) is 20.3 Å². The maximum absolute atomic E-state index is 12.0.